The molecule has 1 aromatic heterocycles. The van der Waals surface area contributed by atoms with Crippen molar-refractivity contribution in [1.29, 1.82) is 0 Å². The van der Waals surface area contributed by atoms with Gasteiger partial charge in [-0.25, -0.2) is 0 Å². The Morgan fingerprint density at radius 1 is 0.900 bits per heavy atom. The fraction of sp³-hybridized carbons (Fsp3) is 0. The molecule has 0 saturated carbocycles. The lowest BCUT2D eigenvalue weighted by atomic mass is 10.0. The molecule has 0 aliphatic heterocycles. The molecule has 3 aromatic rings. The average molecular weight is 458 g/mol. The molecule has 2 aromatic carbocycles. The summed E-state index contributed by atoms with van der Waals surface area (Å²) in [6.07, 6.45) is 1.76. The Labute approximate surface area is 141 Å². The lowest BCUT2D eigenvalue weighted by Crippen LogP contribution is -2.00. The van der Waals surface area contributed by atoms with Crippen molar-refractivity contribution in [2.45, 2.75) is 0 Å². The van der Waals surface area contributed by atoms with Crippen molar-refractivity contribution in [1.82, 2.24) is 4.98 Å². The van der Waals surface area contributed by atoms with Crippen LogP contribution in [0, 0.1) is 0 Å². The molecule has 0 bridgehead atoms. The number of rotatable bonds is 2. The normalized spacial score (nSPS) is 10.9. The number of hydrogen-bond donors (Lipinski definition) is 1. The van der Waals surface area contributed by atoms with E-state index in [-0.39, 0.29) is 5.78 Å². The van der Waals surface area contributed by atoms with Gasteiger partial charge in [-0.15, -0.1) is 0 Å². The molecule has 100 valence electrons. The highest BCUT2D eigenvalue weighted by Gasteiger charge is 2.15. The standard InChI is InChI=1S/C15H8Br3NO/c16-9-1-2-14-12(6-9)13(7-19-14)15(20)8-3-10(17)5-11(18)4-8/h1-7,19H. The van der Waals surface area contributed by atoms with Gasteiger partial charge in [0.15, 0.2) is 5.78 Å². The van der Waals surface area contributed by atoms with Crippen LogP contribution >= 0.6 is 47.8 Å². The topological polar surface area (TPSA) is 32.9 Å². The summed E-state index contributed by atoms with van der Waals surface area (Å²) in [6.45, 7) is 0. The summed E-state index contributed by atoms with van der Waals surface area (Å²) in [6, 6.07) is 11.4. The second-order valence-corrected chi connectivity index (χ2v) is 7.13. The smallest absolute Gasteiger partial charge is 0.195 e. The van der Waals surface area contributed by atoms with Gasteiger partial charge in [0.1, 0.15) is 0 Å². The van der Waals surface area contributed by atoms with E-state index in [0.717, 1.165) is 24.3 Å². The van der Waals surface area contributed by atoms with Crippen molar-refractivity contribution in [2.24, 2.45) is 0 Å². The number of hydrogen-bond acceptors (Lipinski definition) is 1. The monoisotopic (exact) mass is 455 g/mol. The van der Waals surface area contributed by atoms with Crippen molar-refractivity contribution in [3.05, 3.63) is 67.1 Å². The van der Waals surface area contributed by atoms with E-state index in [9.17, 15) is 4.79 Å². The third-order valence-electron chi connectivity index (χ3n) is 3.01. The lowest BCUT2D eigenvalue weighted by Gasteiger charge is -2.02. The van der Waals surface area contributed by atoms with Crippen LogP contribution in [0.2, 0.25) is 0 Å². The first-order valence-corrected chi connectivity index (χ1v) is 8.20. The summed E-state index contributed by atoms with van der Waals surface area (Å²) in [5.74, 6) is -0.00338. The van der Waals surface area contributed by atoms with Crippen LogP contribution in [0.4, 0.5) is 0 Å². The van der Waals surface area contributed by atoms with Crippen LogP contribution in [0.5, 0.6) is 0 Å². The fourth-order valence-corrected chi connectivity index (χ4v) is 3.78. The maximum Gasteiger partial charge on any atom is 0.195 e. The van der Waals surface area contributed by atoms with E-state index in [1.807, 2.05) is 36.4 Å². The molecule has 0 aliphatic carbocycles. The van der Waals surface area contributed by atoms with Crippen LogP contribution in [0.1, 0.15) is 15.9 Å². The molecule has 0 amide bonds. The Morgan fingerprint density at radius 3 is 2.30 bits per heavy atom. The second-order valence-electron chi connectivity index (χ2n) is 4.38. The summed E-state index contributed by atoms with van der Waals surface area (Å²) in [5, 5.41) is 0.917. The first-order valence-electron chi connectivity index (χ1n) is 5.82. The van der Waals surface area contributed by atoms with Gasteiger partial charge in [-0.1, -0.05) is 47.8 Å². The van der Waals surface area contributed by atoms with Gasteiger partial charge in [0.2, 0.25) is 0 Å². The zero-order chi connectivity index (χ0) is 14.3. The molecule has 3 rings (SSSR count). The van der Waals surface area contributed by atoms with Gasteiger partial charge in [0.25, 0.3) is 0 Å². The molecular formula is C15H8Br3NO. The summed E-state index contributed by atoms with van der Waals surface area (Å²) in [7, 11) is 0. The highest BCUT2D eigenvalue weighted by molar-refractivity contribution is 9.11. The molecule has 1 heterocycles. The maximum absolute atomic E-state index is 12.7. The SMILES string of the molecule is O=C(c1cc(Br)cc(Br)c1)c1c[nH]c2ccc(Br)cc12. The molecule has 0 aliphatic rings. The van der Waals surface area contributed by atoms with Crippen LogP contribution in [0.3, 0.4) is 0 Å². The van der Waals surface area contributed by atoms with Crippen molar-refractivity contribution in [3.63, 3.8) is 0 Å². The second kappa shape index (κ2) is 5.47. The molecule has 0 saturated heterocycles. The third kappa shape index (κ3) is 2.62. The predicted molar refractivity (Wildman–Crippen MR) is 91.3 cm³/mol. The molecule has 0 spiro atoms. The van der Waals surface area contributed by atoms with Gasteiger partial charge >= 0.3 is 0 Å². The first-order chi connectivity index (χ1) is 9.54. The molecule has 20 heavy (non-hydrogen) atoms. The summed E-state index contributed by atoms with van der Waals surface area (Å²) in [4.78, 5) is 15.8. The maximum atomic E-state index is 12.7. The minimum atomic E-state index is -0.00338. The largest absolute Gasteiger partial charge is 0.360 e. The zero-order valence-corrected chi connectivity index (χ0v) is 14.8. The van der Waals surface area contributed by atoms with Crippen LogP contribution in [0.25, 0.3) is 10.9 Å². The number of fused-ring (bicyclic) bond motifs is 1. The average Bonchev–Trinajstić information content (AvgIpc) is 2.79. The van der Waals surface area contributed by atoms with E-state index in [1.54, 1.807) is 6.20 Å². The van der Waals surface area contributed by atoms with E-state index in [2.05, 4.69) is 52.8 Å². The molecular weight excluding hydrogens is 450 g/mol. The Morgan fingerprint density at radius 2 is 1.60 bits per heavy atom. The zero-order valence-electron chi connectivity index (χ0n) is 10.1. The molecule has 0 atom stereocenters. The Balaban J connectivity index is 2.15. The van der Waals surface area contributed by atoms with Gasteiger partial charge in [-0.05, 0) is 36.4 Å². The predicted octanol–water partition coefficient (Wildman–Crippen LogP) is 5.69. The highest BCUT2D eigenvalue weighted by Crippen LogP contribution is 2.27. The molecule has 0 unspecified atom stereocenters. The number of nitrogens with one attached hydrogen (secondary N) is 1. The first kappa shape index (κ1) is 14.0. The Kier molecular flexibility index (Phi) is 3.84. The minimum Gasteiger partial charge on any atom is -0.360 e. The number of benzene rings is 2. The number of aromatic nitrogens is 1. The van der Waals surface area contributed by atoms with Crippen LogP contribution < -0.4 is 0 Å². The number of H-pyrrole nitrogens is 1. The number of halogens is 3. The molecule has 0 fully saturated rings. The van der Waals surface area contributed by atoms with Crippen LogP contribution in [0.15, 0.2) is 56.0 Å². The van der Waals surface area contributed by atoms with Crippen LogP contribution in [-0.4, -0.2) is 10.8 Å². The van der Waals surface area contributed by atoms with Crippen molar-refractivity contribution in [3.8, 4) is 0 Å². The minimum absolute atomic E-state index is 0.00338. The van der Waals surface area contributed by atoms with Gasteiger partial charge in [0, 0.05) is 41.6 Å². The lowest BCUT2D eigenvalue weighted by molar-refractivity contribution is 0.104. The number of carbonyl (C=O) groups is 1. The van der Waals surface area contributed by atoms with Crippen molar-refractivity contribution >= 4 is 64.5 Å². The van der Waals surface area contributed by atoms with Gasteiger partial charge in [0.05, 0.1) is 0 Å². The van der Waals surface area contributed by atoms with E-state index < -0.39 is 0 Å². The van der Waals surface area contributed by atoms with Crippen molar-refractivity contribution < 1.29 is 4.79 Å². The van der Waals surface area contributed by atoms with E-state index in [0.29, 0.717) is 11.1 Å². The van der Waals surface area contributed by atoms with Crippen LogP contribution in [-0.2, 0) is 0 Å². The summed E-state index contributed by atoms with van der Waals surface area (Å²) >= 11 is 10.3. The Bertz CT molecular complexity index is 803. The van der Waals surface area contributed by atoms with Gasteiger partial charge in [-0.2, -0.15) is 0 Å². The third-order valence-corrected chi connectivity index (χ3v) is 4.42. The van der Waals surface area contributed by atoms with E-state index >= 15 is 0 Å². The summed E-state index contributed by atoms with van der Waals surface area (Å²) in [5.41, 5.74) is 2.27. The summed E-state index contributed by atoms with van der Waals surface area (Å²) < 4.78 is 2.70. The Hall–Kier alpha value is -0.910. The van der Waals surface area contributed by atoms with E-state index in [1.165, 1.54) is 0 Å². The number of aromatic amines is 1. The van der Waals surface area contributed by atoms with Gasteiger partial charge < -0.3 is 4.98 Å². The quantitative estimate of drug-likeness (QED) is 0.493. The van der Waals surface area contributed by atoms with Crippen molar-refractivity contribution in [2.75, 3.05) is 0 Å². The van der Waals surface area contributed by atoms with Gasteiger partial charge in [-0.3, -0.25) is 4.79 Å². The highest BCUT2D eigenvalue weighted by atomic mass is 79.9. The molecule has 1 N–H and O–H groups in total. The number of carbonyl (C=O) groups excluding carboxylic acids is 1. The van der Waals surface area contributed by atoms with E-state index in [4.69, 9.17) is 0 Å². The number of ketones is 1. The molecule has 5 heteroatoms. The fourth-order valence-electron chi connectivity index (χ4n) is 2.12. The molecule has 2 nitrogen and oxygen atoms in total. The molecule has 0 radical (unpaired) electrons.